The van der Waals surface area contributed by atoms with Crippen LogP contribution in [0.3, 0.4) is 0 Å². The molecule has 4 rings (SSSR count). The molecule has 1 amide bonds. The van der Waals surface area contributed by atoms with E-state index in [0.29, 0.717) is 27.8 Å². The van der Waals surface area contributed by atoms with Gasteiger partial charge < -0.3 is 19.3 Å². The quantitative estimate of drug-likeness (QED) is 0.281. The normalized spacial score (nSPS) is 10.8. The van der Waals surface area contributed by atoms with Crippen LogP contribution >= 0.6 is 11.6 Å². The number of carbonyl (C=O) groups is 1. The van der Waals surface area contributed by atoms with Crippen molar-refractivity contribution in [3.8, 4) is 22.6 Å². The molecule has 0 unspecified atom stereocenters. The minimum Gasteiger partial charge on any atom is -0.459 e. The third-order valence-corrected chi connectivity index (χ3v) is 5.07. The zero-order chi connectivity index (χ0) is 22.8. The van der Waals surface area contributed by atoms with Crippen LogP contribution in [0.5, 0.6) is 0 Å². The van der Waals surface area contributed by atoms with Crippen LogP contribution in [-0.2, 0) is 6.61 Å². The summed E-state index contributed by atoms with van der Waals surface area (Å²) >= 11 is 6.33. The van der Waals surface area contributed by atoms with E-state index in [4.69, 9.17) is 25.5 Å². The lowest BCUT2D eigenvalue weighted by atomic mass is 10.1. The second-order valence-corrected chi connectivity index (χ2v) is 7.42. The van der Waals surface area contributed by atoms with E-state index in [9.17, 15) is 14.9 Å². The molecule has 9 heteroatoms. The van der Waals surface area contributed by atoms with E-state index in [2.05, 4.69) is 5.32 Å². The summed E-state index contributed by atoms with van der Waals surface area (Å²) in [5.74, 6) is 0.583. The molecule has 0 radical (unpaired) electrons. The van der Waals surface area contributed by atoms with Crippen molar-refractivity contribution in [3.05, 3.63) is 92.9 Å². The molecule has 0 spiro atoms. The van der Waals surface area contributed by atoms with E-state index in [1.807, 2.05) is 0 Å². The number of carbonyl (C=O) groups excluding carboxylic acids is 1. The van der Waals surface area contributed by atoms with Crippen LogP contribution < -0.4 is 5.32 Å². The summed E-state index contributed by atoms with van der Waals surface area (Å²) in [4.78, 5) is 23.5. The van der Waals surface area contributed by atoms with Crippen molar-refractivity contribution < 1.29 is 23.7 Å². The number of furan rings is 2. The zero-order valence-corrected chi connectivity index (χ0v) is 17.6. The highest BCUT2D eigenvalue weighted by atomic mass is 35.5. The molecule has 2 aromatic carbocycles. The van der Waals surface area contributed by atoms with Crippen LogP contribution in [0.15, 0.2) is 69.5 Å². The lowest BCUT2D eigenvalue weighted by molar-refractivity contribution is -0.384. The lowest BCUT2D eigenvalue weighted by Gasteiger charge is -2.07. The summed E-state index contributed by atoms with van der Waals surface area (Å²) < 4.78 is 11.1. The van der Waals surface area contributed by atoms with Crippen LogP contribution in [0, 0.1) is 17.0 Å². The predicted octanol–water partition coefficient (Wildman–Crippen LogP) is 5.82. The monoisotopic (exact) mass is 452 g/mol. The van der Waals surface area contributed by atoms with Gasteiger partial charge in [-0.15, -0.1) is 0 Å². The maximum Gasteiger partial charge on any atom is 0.291 e. The van der Waals surface area contributed by atoms with Crippen LogP contribution in [0.25, 0.3) is 22.6 Å². The molecule has 0 aliphatic heterocycles. The molecule has 0 aliphatic rings. The number of benzene rings is 2. The predicted molar refractivity (Wildman–Crippen MR) is 119 cm³/mol. The molecule has 0 aliphatic carbocycles. The van der Waals surface area contributed by atoms with E-state index < -0.39 is 10.8 Å². The molecule has 0 fully saturated rings. The molecule has 0 saturated heterocycles. The maximum atomic E-state index is 12.6. The van der Waals surface area contributed by atoms with Crippen LogP contribution in [0.4, 0.5) is 11.4 Å². The third kappa shape index (κ3) is 4.27. The SMILES string of the molecule is Cc1ccc(-c2ccc(C(=O)Nc3ccc(-c4ccc(CO)o4)c(Cl)c3)o2)c([N+](=O)[O-])c1. The summed E-state index contributed by atoms with van der Waals surface area (Å²) in [5, 5.41) is 23.5. The van der Waals surface area contributed by atoms with Crippen LogP contribution in [0.1, 0.15) is 21.9 Å². The highest BCUT2D eigenvalue weighted by Gasteiger charge is 2.20. The Morgan fingerprint density at radius 2 is 1.75 bits per heavy atom. The van der Waals surface area contributed by atoms with Gasteiger partial charge in [-0.25, -0.2) is 0 Å². The second-order valence-electron chi connectivity index (χ2n) is 7.01. The van der Waals surface area contributed by atoms with Gasteiger partial charge in [-0.05, 0) is 61.0 Å². The molecule has 0 atom stereocenters. The van der Waals surface area contributed by atoms with Gasteiger partial charge >= 0.3 is 0 Å². The van der Waals surface area contributed by atoms with Gasteiger partial charge in [-0.2, -0.15) is 0 Å². The molecule has 8 nitrogen and oxygen atoms in total. The number of hydrogen-bond donors (Lipinski definition) is 2. The molecule has 2 heterocycles. The fraction of sp³-hybridized carbons (Fsp3) is 0.0870. The number of rotatable bonds is 6. The number of aliphatic hydroxyl groups is 1. The number of nitro groups is 1. The van der Waals surface area contributed by atoms with Crippen molar-refractivity contribution in [3.63, 3.8) is 0 Å². The Bertz CT molecular complexity index is 1320. The number of aliphatic hydroxyl groups excluding tert-OH is 1. The van der Waals surface area contributed by atoms with E-state index in [-0.39, 0.29) is 29.4 Å². The summed E-state index contributed by atoms with van der Waals surface area (Å²) in [6, 6.07) is 16.0. The van der Waals surface area contributed by atoms with Gasteiger partial charge in [0.2, 0.25) is 0 Å². The number of halogens is 1. The van der Waals surface area contributed by atoms with Crippen molar-refractivity contribution in [2.75, 3.05) is 5.32 Å². The number of hydrogen-bond acceptors (Lipinski definition) is 6. The van der Waals surface area contributed by atoms with Crippen molar-refractivity contribution >= 4 is 28.9 Å². The minimum absolute atomic E-state index is 0.00584. The summed E-state index contributed by atoms with van der Waals surface area (Å²) in [6.45, 7) is 1.54. The second kappa shape index (κ2) is 8.70. The number of nitrogens with one attached hydrogen (secondary N) is 1. The topological polar surface area (TPSA) is 119 Å². The van der Waals surface area contributed by atoms with Gasteiger partial charge in [0.1, 0.15) is 23.9 Å². The molecule has 2 aromatic heterocycles. The van der Waals surface area contributed by atoms with Gasteiger partial charge in [-0.3, -0.25) is 14.9 Å². The minimum atomic E-state index is -0.532. The van der Waals surface area contributed by atoms with E-state index >= 15 is 0 Å². The summed E-state index contributed by atoms with van der Waals surface area (Å²) in [6.07, 6.45) is 0. The van der Waals surface area contributed by atoms with E-state index in [1.54, 1.807) is 49.4 Å². The molecular formula is C23H17ClN2O6. The third-order valence-electron chi connectivity index (χ3n) is 4.76. The van der Waals surface area contributed by atoms with Gasteiger partial charge in [-0.1, -0.05) is 17.7 Å². The molecule has 2 N–H and O–H groups in total. The first kappa shape index (κ1) is 21.4. The van der Waals surface area contributed by atoms with E-state index in [1.165, 1.54) is 18.2 Å². The van der Waals surface area contributed by atoms with Crippen molar-refractivity contribution in [1.82, 2.24) is 0 Å². The Hall–Kier alpha value is -3.88. The Kier molecular flexibility index (Phi) is 5.81. The number of nitrogens with zero attached hydrogens (tertiary/aromatic N) is 1. The molecule has 0 bridgehead atoms. The van der Waals surface area contributed by atoms with Gasteiger partial charge in [0, 0.05) is 17.3 Å². The Morgan fingerprint density at radius 3 is 2.44 bits per heavy atom. The highest BCUT2D eigenvalue weighted by molar-refractivity contribution is 6.33. The number of aryl methyl sites for hydroxylation is 1. The average molecular weight is 453 g/mol. The maximum absolute atomic E-state index is 12.6. The number of amides is 1. The van der Waals surface area contributed by atoms with Gasteiger partial charge in [0.05, 0.1) is 15.5 Å². The number of anilines is 1. The van der Waals surface area contributed by atoms with Crippen molar-refractivity contribution in [2.24, 2.45) is 0 Å². The van der Waals surface area contributed by atoms with Gasteiger partial charge in [0.25, 0.3) is 11.6 Å². The van der Waals surface area contributed by atoms with Crippen molar-refractivity contribution in [2.45, 2.75) is 13.5 Å². The smallest absolute Gasteiger partial charge is 0.291 e. The summed E-state index contributed by atoms with van der Waals surface area (Å²) in [5.41, 5.74) is 1.96. The first-order valence-corrected chi connectivity index (χ1v) is 9.89. The molecule has 4 aromatic rings. The molecule has 32 heavy (non-hydrogen) atoms. The van der Waals surface area contributed by atoms with Gasteiger partial charge in [0.15, 0.2) is 5.76 Å². The number of nitro benzene ring substituents is 1. The van der Waals surface area contributed by atoms with Crippen LogP contribution in [0.2, 0.25) is 5.02 Å². The Labute approximate surface area is 187 Å². The first-order chi connectivity index (χ1) is 15.4. The fourth-order valence-corrected chi connectivity index (χ4v) is 3.47. The largest absolute Gasteiger partial charge is 0.459 e. The standard InChI is InChI=1S/C23H17ClN2O6/c1-13-2-5-17(19(10-13)26(29)30)21-8-9-22(32-21)23(28)25-14-3-6-16(18(24)11-14)20-7-4-15(12-27)31-20/h2-11,27H,12H2,1H3,(H,25,28). The summed E-state index contributed by atoms with van der Waals surface area (Å²) in [7, 11) is 0. The first-order valence-electron chi connectivity index (χ1n) is 9.52. The van der Waals surface area contributed by atoms with E-state index in [0.717, 1.165) is 5.56 Å². The lowest BCUT2D eigenvalue weighted by Crippen LogP contribution is -2.10. The van der Waals surface area contributed by atoms with Crippen molar-refractivity contribution in [1.29, 1.82) is 0 Å². The zero-order valence-electron chi connectivity index (χ0n) is 16.8. The van der Waals surface area contributed by atoms with Crippen LogP contribution in [-0.4, -0.2) is 15.9 Å². The molecular weight excluding hydrogens is 436 g/mol. The Morgan fingerprint density at radius 1 is 1.03 bits per heavy atom. The highest BCUT2D eigenvalue weighted by Crippen LogP contribution is 2.33. The fourth-order valence-electron chi connectivity index (χ4n) is 3.20. The Balaban J connectivity index is 1.54. The molecule has 0 saturated carbocycles. The average Bonchev–Trinajstić information content (AvgIpc) is 3.43. The molecule has 162 valence electrons.